The third-order valence-electron chi connectivity index (χ3n) is 5.00. The van der Waals surface area contributed by atoms with Gasteiger partial charge in [0.2, 0.25) is 0 Å². The van der Waals surface area contributed by atoms with Gasteiger partial charge in [-0.1, -0.05) is 104 Å². The zero-order valence-corrected chi connectivity index (χ0v) is 28.7. The Hall–Kier alpha value is 0.183. The van der Waals surface area contributed by atoms with E-state index in [0.717, 1.165) is 60.8 Å². The Morgan fingerprint density at radius 1 is 0.595 bits per heavy atom. The van der Waals surface area contributed by atoms with Crippen molar-refractivity contribution >= 4 is 111 Å². The average molecular weight is 721 g/mol. The zero-order valence-electron chi connectivity index (χ0n) is 19.7. The number of hydrogen-bond acceptors (Lipinski definition) is 4. The minimum absolute atomic E-state index is 0.560. The van der Waals surface area contributed by atoms with Crippen molar-refractivity contribution in [3.63, 3.8) is 0 Å². The number of rotatable bonds is 8. The summed E-state index contributed by atoms with van der Waals surface area (Å²) < 4.78 is 1.47. The minimum atomic E-state index is -1.15. The van der Waals surface area contributed by atoms with Crippen LogP contribution in [0.15, 0.2) is 48.5 Å². The Bertz CT molecular complexity index is 1100. The Kier molecular flexibility index (Phi) is 15.4. The van der Waals surface area contributed by atoms with E-state index in [1.165, 1.54) is 0 Å². The fourth-order valence-corrected chi connectivity index (χ4v) is 4.14. The fraction of sp³-hybridized carbons (Fsp3) is 0.455. The van der Waals surface area contributed by atoms with Gasteiger partial charge in [-0.2, -0.15) is 0 Å². The van der Waals surface area contributed by atoms with Gasteiger partial charge >= 0.3 is 34.5 Å². The normalized spacial score (nSPS) is 11.5. The summed E-state index contributed by atoms with van der Waals surface area (Å²) in [4.78, 5) is 0. The van der Waals surface area contributed by atoms with Gasteiger partial charge in [0, 0.05) is 13.1 Å². The molecule has 4 rings (SSSR count). The maximum atomic E-state index is 5.68. The summed E-state index contributed by atoms with van der Waals surface area (Å²) in [7, 11) is 9.90. The quantitative estimate of drug-likeness (QED) is 0.103. The molecule has 0 saturated carbocycles. The van der Waals surface area contributed by atoms with Crippen molar-refractivity contribution in [1.82, 2.24) is 30.0 Å². The third-order valence-corrected chi connectivity index (χ3v) is 6.13. The molecule has 0 aliphatic rings. The molecule has 0 atom stereocenters. The molecule has 0 N–H and O–H groups in total. The molecular weight excluding hydrogens is 697 g/mol. The first-order valence-electron chi connectivity index (χ1n) is 11.4. The second-order valence-corrected chi connectivity index (χ2v) is 17.5. The third kappa shape index (κ3) is 13.4. The molecule has 4 aromatic rings. The van der Waals surface area contributed by atoms with Gasteiger partial charge < -0.3 is 0 Å². The van der Waals surface area contributed by atoms with Crippen molar-refractivity contribution in [3.8, 4) is 0 Å². The Morgan fingerprint density at radius 3 is 1.30 bits per heavy atom. The van der Waals surface area contributed by atoms with E-state index in [-0.39, 0.29) is 0 Å². The molecule has 2 aromatic heterocycles. The number of hydrogen-bond donors (Lipinski definition) is 0. The van der Waals surface area contributed by atoms with Gasteiger partial charge in [-0.3, -0.25) is 0 Å². The van der Waals surface area contributed by atoms with Crippen molar-refractivity contribution in [2.24, 2.45) is 0 Å². The molecule has 0 unspecified atom stereocenters. The summed E-state index contributed by atoms with van der Waals surface area (Å²) in [5.41, 5.74) is 3.91. The molecule has 0 aliphatic carbocycles. The SMILES string of the molecule is ClC(Cl)(Cl)CCCCn1nnc2ccccc21.ClC(Cl)(Cl)CCCCn1nnc2ccccc21.[Cl][Zn][Cl]. The van der Waals surface area contributed by atoms with Crippen LogP contribution < -0.4 is 0 Å². The summed E-state index contributed by atoms with van der Waals surface area (Å²) in [6, 6.07) is 15.7. The molecule has 15 heteroatoms. The molecule has 0 spiro atoms. The first kappa shape index (κ1) is 33.4. The fourth-order valence-electron chi connectivity index (χ4n) is 3.34. The van der Waals surface area contributed by atoms with E-state index >= 15 is 0 Å². The number of fused-ring (bicyclic) bond motifs is 2. The molecule has 37 heavy (non-hydrogen) atoms. The van der Waals surface area contributed by atoms with Crippen LogP contribution in [0.5, 0.6) is 0 Å². The number of benzene rings is 2. The summed E-state index contributed by atoms with van der Waals surface area (Å²) in [5.74, 6) is 0. The van der Waals surface area contributed by atoms with Gasteiger partial charge in [-0.15, -0.1) is 10.2 Å². The second kappa shape index (κ2) is 17.1. The van der Waals surface area contributed by atoms with Crippen molar-refractivity contribution in [2.45, 2.75) is 59.2 Å². The maximum absolute atomic E-state index is 5.68. The van der Waals surface area contributed by atoms with Gasteiger partial charge in [-0.05, 0) is 62.8 Å². The van der Waals surface area contributed by atoms with Gasteiger partial charge in [-0.25, -0.2) is 9.36 Å². The molecule has 0 saturated heterocycles. The Morgan fingerprint density at radius 2 is 0.946 bits per heavy atom. The molecule has 0 aliphatic heterocycles. The van der Waals surface area contributed by atoms with Crippen LogP contribution in [0.2, 0.25) is 0 Å². The molecular formula is C22H24Cl8N6Zn. The topological polar surface area (TPSA) is 61.4 Å². The predicted molar refractivity (Wildman–Crippen MR) is 155 cm³/mol. The van der Waals surface area contributed by atoms with Crippen LogP contribution in [-0.2, 0) is 28.2 Å². The Balaban J connectivity index is 0.000000235. The van der Waals surface area contributed by atoms with Gasteiger partial charge in [0.05, 0.1) is 11.0 Å². The van der Waals surface area contributed by atoms with Gasteiger partial charge in [0.25, 0.3) is 0 Å². The molecule has 200 valence electrons. The number of aromatic nitrogens is 6. The number of halogens is 8. The monoisotopic (exact) mass is 716 g/mol. The van der Waals surface area contributed by atoms with E-state index in [9.17, 15) is 0 Å². The molecule has 0 fully saturated rings. The second-order valence-electron chi connectivity index (χ2n) is 7.85. The standard InChI is InChI=1S/2C11H12Cl3N3.2ClH.Zn/c2*12-11(13,14)7-3-4-8-17-10-6-2-1-5-9(10)15-16-17;;;/h2*1-2,5-6H,3-4,7-8H2;2*1H;/q;;;;+2/p-2. The van der Waals surface area contributed by atoms with Crippen LogP contribution in [0.1, 0.15) is 38.5 Å². The number of nitrogens with zero attached hydrogens (tertiary/aromatic N) is 6. The van der Waals surface area contributed by atoms with E-state index in [1.807, 2.05) is 57.9 Å². The van der Waals surface area contributed by atoms with E-state index in [4.69, 9.17) is 89.0 Å². The van der Waals surface area contributed by atoms with Crippen LogP contribution >= 0.6 is 89.0 Å². The van der Waals surface area contributed by atoms with Crippen molar-refractivity contribution in [2.75, 3.05) is 0 Å². The van der Waals surface area contributed by atoms with E-state index < -0.39 is 22.7 Å². The molecule has 2 heterocycles. The number of para-hydroxylation sites is 2. The predicted octanol–water partition coefficient (Wildman–Crippen LogP) is 9.32. The number of aryl methyl sites for hydroxylation is 2. The van der Waals surface area contributed by atoms with Gasteiger partial charge in [0.15, 0.2) is 7.59 Å². The van der Waals surface area contributed by atoms with E-state index in [1.54, 1.807) is 0 Å². The summed E-state index contributed by atoms with van der Waals surface area (Å²) >= 11 is 33.2. The summed E-state index contributed by atoms with van der Waals surface area (Å²) in [5, 5.41) is 16.4. The van der Waals surface area contributed by atoms with Crippen molar-refractivity contribution < 1.29 is 15.1 Å². The first-order valence-corrected chi connectivity index (χ1v) is 21.4. The number of unbranched alkanes of at least 4 members (excludes halogenated alkanes) is 2. The van der Waals surface area contributed by atoms with E-state index in [0.29, 0.717) is 12.8 Å². The van der Waals surface area contributed by atoms with Crippen LogP contribution in [0.4, 0.5) is 0 Å². The molecule has 0 radical (unpaired) electrons. The zero-order chi connectivity index (χ0) is 27.3. The average Bonchev–Trinajstić information content (AvgIpc) is 3.44. The van der Waals surface area contributed by atoms with Crippen LogP contribution in [-0.4, -0.2) is 37.6 Å². The van der Waals surface area contributed by atoms with Crippen molar-refractivity contribution in [3.05, 3.63) is 48.5 Å². The molecule has 0 amide bonds. The summed E-state index contributed by atoms with van der Waals surface area (Å²) in [6.45, 7) is 1.59. The number of alkyl halides is 6. The van der Waals surface area contributed by atoms with Crippen molar-refractivity contribution in [1.29, 1.82) is 0 Å². The van der Waals surface area contributed by atoms with Crippen LogP contribution in [0, 0.1) is 0 Å². The Labute approximate surface area is 261 Å². The summed E-state index contributed by atoms with van der Waals surface area (Å²) in [6.07, 6.45) is 4.66. The molecule has 0 bridgehead atoms. The van der Waals surface area contributed by atoms with E-state index in [2.05, 4.69) is 20.6 Å². The van der Waals surface area contributed by atoms with Crippen LogP contribution in [0.25, 0.3) is 22.1 Å². The van der Waals surface area contributed by atoms with Gasteiger partial charge in [0.1, 0.15) is 11.0 Å². The molecule has 6 nitrogen and oxygen atoms in total. The molecule has 2 aromatic carbocycles. The van der Waals surface area contributed by atoms with Crippen LogP contribution in [0.3, 0.4) is 0 Å². The first-order chi connectivity index (χ1) is 17.5.